The summed E-state index contributed by atoms with van der Waals surface area (Å²) in [6.45, 7) is 3.26. The minimum atomic E-state index is 0.485. The lowest BCUT2D eigenvalue weighted by Crippen LogP contribution is -2.58. The van der Waals surface area contributed by atoms with E-state index in [0.29, 0.717) is 12.1 Å². The highest BCUT2D eigenvalue weighted by Gasteiger charge is 2.50. The van der Waals surface area contributed by atoms with E-state index in [1.54, 1.807) is 7.11 Å². The van der Waals surface area contributed by atoms with Crippen LogP contribution in [0.2, 0.25) is 0 Å². The molecule has 104 valence electrons. The molecular weight excluding hydrogens is 226 g/mol. The van der Waals surface area contributed by atoms with Gasteiger partial charge in [-0.15, -0.1) is 0 Å². The standard InChI is InChI=1S/C15H27NO2/c1-17-4-5-18-3-2-16-15-9-12-6-13(10-15)8-14(7-12)11-15/h12-14,16H,2-11H2,1H3. The zero-order valence-corrected chi connectivity index (χ0v) is 11.6. The van der Waals surface area contributed by atoms with Gasteiger partial charge in [0.1, 0.15) is 0 Å². The van der Waals surface area contributed by atoms with Crippen molar-refractivity contribution in [2.45, 2.75) is 44.1 Å². The maximum absolute atomic E-state index is 5.55. The molecule has 0 saturated heterocycles. The van der Waals surface area contributed by atoms with Gasteiger partial charge in [-0.05, 0) is 56.3 Å². The van der Waals surface area contributed by atoms with E-state index >= 15 is 0 Å². The molecule has 0 aliphatic heterocycles. The van der Waals surface area contributed by atoms with E-state index in [1.807, 2.05) is 0 Å². The van der Waals surface area contributed by atoms with Crippen LogP contribution in [0.5, 0.6) is 0 Å². The van der Waals surface area contributed by atoms with Gasteiger partial charge in [-0.25, -0.2) is 0 Å². The van der Waals surface area contributed by atoms with Crippen molar-refractivity contribution in [1.82, 2.24) is 5.32 Å². The Morgan fingerprint density at radius 1 is 0.944 bits per heavy atom. The highest BCUT2D eigenvalue weighted by Crippen LogP contribution is 2.55. The first kappa shape index (κ1) is 12.9. The summed E-state index contributed by atoms with van der Waals surface area (Å²) in [5, 5.41) is 3.84. The van der Waals surface area contributed by atoms with Crippen molar-refractivity contribution >= 4 is 0 Å². The third-order valence-corrected chi connectivity index (χ3v) is 5.22. The average Bonchev–Trinajstić information content (AvgIpc) is 2.32. The summed E-state index contributed by atoms with van der Waals surface area (Å²) in [5.41, 5.74) is 0.485. The van der Waals surface area contributed by atoms with Crippen LogP contribution in [-0.4, -0.2) is 39.0 Å². The van der Waals surface area contributed by atoms with Gasteiger partial charge >= 0.3 is 0 Å². The van der Waals surface area contributed by atoms with E-state index in [-0.39, 0.29) is 0 Å². The molecule has 0 aromatic carbocycles. The lowest BCUT2D eigenvalue weighted by atomic mass is 9.53. The molecule has 3 heteroatoms. The van der Waals surface area contributed by atoms with Gasteiger partial charge in [0.2, 0.25) is 0 Å². The van der Waals surface area contributed by atoms with Crippen molar-refractivity contribution < 1.29 is 9.47 Å². The highest BCUT2D eigenvalue weighted by molar-refractivity contribution is 5.06. The molecule has 0 radical (unpaired) electrons. The van der Waals surface area contributed by atoms with Crippen LogP contribution in [0.25, 0.3) is 0 Å². The maximum atomic E-state index is 5.55. The maximum Gasteiger partial charge on any atom is 0.0700 e. The lowest BCUT2D eigenvalue weighted by molar-refractivity contribution is -0.0238. The van der Waals surface area contributed by atoms with Gasteiger partial charge < -0.3 is 14.8 Å². The van der Waals surface area contributed by atoms with Crippen LogP contribution in [0.1, 0.15) is 38.5 Å². The predicted octanol–water partition coefficient (Wildman–Crippen LogP) is 2.21. The molecule has 4 saturated carbocycles. The van der Waals surface area contributed by atoms with E-state index in [4.69, 9.17) is 9.47 Å². The number of hydrogen-bond donors (Lipinski definition) is 1. The number of rotatable bonds is 7. The number of hydrogen-bond acceptors (Lipinski definition) is 3. The molecule has 0 aromatic heterocycles. The molecule has 4 aliphatic rings. The molecule has 0 aromatic rings. The smallest absolute Gasteiger partial charge is 0.0700 e. The molecule has 0 amide bonds. The van der Waals surface area contributed by atoms with Crippen LogP contribution >= 0.6 is 0 Å². The molecule has 4 rings (SSSR count). The van der Waals surface area contributed by atoms with Crippen molar-refractivity contribution in [3.05, 3.63) is 0 Å². The van der Waals surface area contributed by atoms with Crippen molar-refractivity contribution in [2.24, 2.45) is 17.8 Å². The van der Waals surface area contributed by atoms with Gasteiger partial charge in [0, 0.05) is 19.2 Å². The molecule has 0 atom stereocenters. The van der Waals surface area contributed by atoms with E-state index in [2.05, 4.69) is 5.32 Å². The van der Waals surface area contributed by atoms with E-state index in [1.165, 1.54) is 38.5 Å². The first-order chi connectivity index (χ1) is 8.80. The summed E-state index contributed by atoms with van der Waals surface area (Å²) in [6, 6.07) is 0. The second-order valence-electron chi connectivity index (χ2n) is 6.73. The fraction of sp³-hybridized carbons (Fsp3) is 1.00. The number of methoxy groups -OCH3 is 1. The molecule has 4 fully saturated rings. The monoisotopic (exact) mass is 253 g/mol. The normalized spacial score (nSPS) is 41.5. The second kappa shape index (κ2) is 5.48. The third-order valence-electron chi connectivity index (χ3n) is 5.22. The predicted molar refractivity (Wildman–Crippen MR) is 71.6 cm³/mol. The van der Waals surface area contributed by atoms with Gasteiger partial charge in [-0.2, -0.15) is 0 Å². The third kappa shape index (κ3) is 2.73. The van der Waals surface area contributed by atoms with Gasteiger partial charge in [-0.1, -0.05) is 0 Å². The minimum Gasteiger partial charge on any atom is -0.382 e. The molecule has 0 unspecified atom stereocenters. The number of nitrogens with one attached hydrogen (secondary N) is 1. The Kier molecular flexibility index (Phi) is 3.92. The second-order valence-corrected chi connectivity index (χ2v) is 6.73. The quantitative estimate of drug-likeness (QED) is 0.706. The van der Waals surface area contributed by atoms with Crippen LogP contribution in [-0.2, 0) is 9.47 Å². The van der Waals surface area contributed by atoms with Crippen molar-refractivity contribution in [3.8, 4) is 0 Å². The molecule has 3 nitrogen and oxygen atoms in total. The fourth-order valence-electron chi connectivity index (χ4n) is 4.96. The minimum absolute atomic E-state index is 0.485. The zero-order chi connectivity index (χ0) is 12.4. The fourth-order valence-corrected chi connectivity index (χ4v) is 4.96. The average molecular weight is 253 g/mol. The van der Waals surface area contributed by atoms with E-state index in [9.17, 15) is 0 Å². The summed E-state index contributed by atoms with van der Waals surface area (Å²) < 4.78 is 10.5. The molecule has 0 heterocycles. The summed E-state index contributed by atoms with van der Waals surface area (Å²) >= 11 is 0. The van der Waals surface area contributed by atoms with E-state index < -0.39 is 0 Å². The SMILES string of the molecule is COCCOCCNC12CC3CC(CC(C3)C1)C2. The molecular formula is C15H27NO2. The van der Waals surface area contributed by atoms with Crippen LogP contribution in [0.4, 0.5) is 0 Å². The Labute approximate surface area is 111 Å². The van der Waals surface area contributed by atoms with Gasteiger partial charge in [0.05, 0.1) is 19.8 Å². The Balaban J connectivity index is 1.42. The Morgan fingerprint density at radius 3 is 2.11 bits per heavy atom. The Morgan fingerprint density at radius 2 is 1.56 bits per heavy atom. The van der Waals surface area contributed by atoms with Crippen LogP contribution in [0, 0.1) is 17.8 Å². The first-order valence-electron chi connectivity index (χ1n) is 7.61. The molecule has 4 bridgehead atoms. The van der Waals surface area contributed by atoms with Gasteiger partial charge in [0.25, 0.3) is 0 Å². The molecule has 0 spiro atoms. The highest BCUT2D eigenvalue weighted by atomic mass is 16.5. The molecule has 1 N–H and O–H groups in total. The summed E-state index contributed by atoms with van der Waals surface area (Å²) in [7, 11) is 1.72. The number of ether oxygens (including phenoxy) is 2. The van der Waals surface area contributed by atoms with Crippen LogP contribution in [0.15, 0.2) is 0 Å². The Hall–Kier alpha value is -0.120. The van der Waals surface area contributed by atoms with Crippen molar-refractivity contribution in [2.75, 3.05) is 33.5 Å². The van der Waals surface area contributed by atoms with Crippen molar-refractivity contribution in [1.29, 1.82) is 0 Å². The zero-order valence-electron chi connectivity index (χ0n) is 11.6. The summed E-state index contributed by atoms with van der Waals surface area (Å²) in [6.07, 6.45) is 8.84. The largest absolute Gasteiger partial charge is 0.382 e. The Bertz CT molecular complexity index is 244. The van der Waals surface area contributed by atoms with Gasteiger partial charge in [0.15, 0.2) is 0 Å². The van der Waals surface area contributed by atoms with Crippen LogP contribution < -0.4 is 5.32 Å². The molecule has 4 aliphatic carbocycles. The summed E-state index contributed by atoms with van der Waals surface area (Å²) in [5.74, 6) is 3.08. The first-order valence-corrected chi connectivity index (χ1v) is 7.61. The lowest BCUT2D eigenvalue weighted by Gasteiger charge is -2.57. The summed E-state index contributed by atoms with van der Waals surface area (Å²) in [4.78, 5) is 0. The van der Waals surface area contributed by atoms with Crippen molar-refractivity contribution in [3.63, 3.8) is 0 Å². The van der Waals surface area contributed by atoms with Crippen LogP contribution in [0.3, 0.4) is 0 Å². The van der Waals surface area contributed by atoms with Gasteiger partial charge in [-0.3, -0.25) is 0 Å². The topological polar surface area (TPSA) is 30.5 Å². The molecule has 18 heavy (non-hydrogen) atoms. The van der Waals surface area contributed by atoms with E-state index in [0.717, 1.165) is 37.5 Å².